The second kappa shape index (κ2) is 14.0. The van der Waals surface area contributed by atoms with Crippen molar-refractivity contribution in [3.63, 3.8) is 0 Å². The molecule has 3 atom stereocenters. The third kappa shape index (κ3) is 8.38. The van der Waals surface area contributed by atoms with Gasteiger partial charge < -0.3 is 36.6 Å². The maximum atomic E-state index is 13.2. The number of carbonyl (C=O) groups is 3. The van der Waals surface area contributed by atoms with Crippen molar-refractivity contribution in [1.29, 1.82) is 0 Å². The minimum absolute atomic E-state index is 0.0494. The van der Waals surface area contributed by atoms with E-state index in [0.717, 1.165) is 22.5 Å². The van der Waals surface area contributed by atoms with Crippen LogP contribution in [0.3, 0.4) is 0 Å². The lowest BCUT2D eigenvalue weighted by Crippen LogP contribution is -2.76. The number of aliphatic hydroxyl groups is 1. The molecule has 0 saturated carbocycles. The van der Waals surface area contributed by atoms with E-state index in [1.165, 1.54) is 19.2 Å². The number of nitrogens with two attached hydrogens (primary N) is 2. The zero-order valence-electron chi connectivity index (χ0n) is 25.2. The number of aryl methyl sites for hydroxylation is 1. The van der Waals surface area contributed by atoms with Crippen LogP contribution in [0.15, 0.2) is 47.2 Å². The predicted molar refractivity (Wildman–Crippen MR) is 163 cm³/mol. The number of anilines is 1. The lowest BCUT2D eigenvalue weighted by molar-refractivity contribution is -0.754. The van der Waals surface area contributed by atoms with Crippen molar-refractivity contribution in [2.75, 3.05) is 18.9 Å². The number of β-lactam (4-membered cyclic amide) rings is 1. The van der Waals surface area contributed by atoms with E-state index in [1.54, 1.807) is 33.6 Å². The van der Waals surface area contributed by atoms with Crippen molar-refractivity contribution in [3.8, 4) is 16.9 Å². The number of hydrogen-bond donors (Lipinski definition) is 6. The molecule has 0 aliphatic carbocycles. The molecule has 21 heteroatoms. The van der Waals surface area contributed by atoms with Gasteiger partial charge in [0.1, 0.15) is 30.6 Å². The first-order chi connectivity index (χ1) is 22.0. The third-order valence-electron chi connectivity index (χ3n) is 6.93. The minimum atomic E-state index is -5.02. The van der Waals surface area contributed by atoms with E-state index in [-0.39, 0.29) is 17.4 Å². The molecule has 0 bridgehead atoms. The van der Waals surface area contributed by atoms with E-state index in [2.05, 4.69) is 19.7 Å². The lowest BCUT2D eigenvalue weighted by atomic mass is 9.84. The maximum Gasteiger partial charge on any atom is 0.418 e. The molecule has 1 aliphatic rings. The largest absolute Gasteiger partial charge is 0.489 e. The van der Waals surface area contributed by atoms with Crippen molar-refractivity contribution >= 4 is 50.4 Å². The molecule has 2 amide bonds. The summed E-state index contributed by atoms with van der Waals surface area (Å²) in [6.07, 6.45) is 1.31. The van der Waals surface area contributed by atoms with Gasteiger partial charge in [-0.25, -0.2) is 9.78 Å². The first-order valence-electron chi connectivity index (χ1n) is 13.7. The fraction of sp³-hybridized carbons (Fsp3) is 0.385. The summed E-state index contributed by atoms with van der Waals surface area (Å²) in [5.74, 6) is -3.19. The Morgan fingerprint density at radius 3 is 2.49 bits per heavy atom. The van der Waals surface area contributed by atoms with Crippen LogP contribution in [0, 0.1) is 0 Å². The molecule has 1 aliphatic heterocycles. The standard InChI is InChI=1S/C26H32N8O11S2/c1-26(2)21(23(37)34(26)45-47(40,41)42)30-22(36)20(18-13-46-25(28)29-18)31-44-19(24(38)39)12-43-17-6-4-14(5-7-17)15-9-32(3)33(10-15)11-16(35)8-27/h4-7,9-10,13,16,19,21,35H,8,11-12,27H2,1-3H3,(H4-,28,29,30,36,38,39,40,41,42)/p+1/b31-20-/t16?,19?,21-/m1/s1. The molecule has 3 aromatic rings. The number of amides is 2. The molecule has 4 rings (SSSR count). The Morgan fingerprint density at radius 1 is 1.26 bits per heavy atom. The van der Waals surface area contributed by atoms with E-state index < -0.39 is 64.3 Å². The van der Waals surface area contributed by atoms with Crippen LogP contribution in [0.25, 0.3) is 11.1 Å². The molecule has 0 radical (unpaired) electrons. The van der Waals surface area contributed by atoms with Crippen molar-refractivity contribution in [2.24, 2.45) is 17.9 Å². The first kappa shape index (κ1) is 35.2. The van der Waals surface area contributed by atoms with Gasteiger partial charge in [-0.3, -0.25) is 14.1 Å². The fourth-order valence-corrected chi connectivity index (χ4v) is 5.38. The van der Waals surface area contributed by atoms with Crippen LogP contribution in [0.5, 0.6) is 5.75 Å². The Kier molecular flexibility index (Phi) is 10.5. The number of nitrogens with one attached hydrogen (secondary N) is 1. The summed E-state index contributed by atoms with van der Waals surface area (Å²) in [6.45, 7) is 2.62. The van der Waals surface area contributed by atoms with Crippen LogP contribution in [-0.4, -0.2) is 98.3 Å². The average molecular weight is 698 g/mol. The summed E-state index contributed by atoms with van der Waals surface area (Å²) in [7, 11) is -3.20. The highest BCUT2D eigenvalue weighted by molar-refractivity contribution is 7.80. The number of carbonyl (C=O) groups excluding carboxylic acids is 2. The van der Waals surface area contributed by atoms with Gasteiger partial charge in [0.2, 0.25) is 6.20 Å². The van der Waals surface area contributed by atoms with Crippen molar-refractivity contribution in [1.82, 2.24) is 20.0 Å². The van der Waals surface area contributed by atoms with Crippen LogP contribution in [0.1, 0.15) is 19.5 Å². The Morgan fingerprint density at radius 2 is 1.94 bits per heavy atom. The quantitative estimate of drug-likeness (QED) is 0.0344. The number of ether oxygens (including phenoxy) is 1. The number of nitrogen functional groups attached to an aromatic ring is 1. The van der Waals surface area contributed by atoms with Crippen molar-refractivity contribution in [3.05, 3.63) is 47.7 Å². The van der Waals surface area contributed by atoms with Gasteiger partial charge in [0.25, 0.3) is 17.9 Å². The molecule has 254 valence electrons. The summed E-state index contributed by atoms with van der Waals surface area (Å²) in [4.78, 5) is 46.8. The smallest absolute Gasteiger partial charge is 0.418 e. The van der Waals surface area contributed by atoms with E-state index in [1.807, 2.05) is 19.4 Å². The highest BCUT2D eigenvalue weighted by Gasteiger charge is 2.58. The number of thiazole rings is 1. The number of benzene rings is 1. The zero-order chi connectivity index (χ0) is 34.7. The highest BCUT2D eigenvalue weighted by Crippen LogP contribution is 2.33. The van der Waals surface area contributed by atoms with Gasteiger partial charge in [-0.2, -0.15) is 18.2 Å². The fourth-order valence-electron chi connectivity index (χ4n) is 4.38. The number of aliphatic carboxylic acids is 1. The van der Waals surface area contributed by atoms with E-state index in [9.17, 15) is 33.0 Å². The van der Waals surface area contributed by atoms with Crippen molar-refractivity contribution < 1.29 is 56.1 Å². The van der Waals surface area contributed by atoms with Gasteiger partial charge in [0, 0.05) is 11.9 Å². The highest BCUT2D eigenvalue weighted by atomic mass is 32.3. The van der Waals surface area contributed by atoms with Crippen LogP contribution in [0.4, 0.5) is 5.13 Å². The van der Waals surface area contributed by atoms with Gasteiger partial charge in [0.15, 0.2) is 17.9 Å². The number of carboxylic acid groups (broad SMARTS) is 1. The summed E-state index contributed by atoms with van der Waals surface area (Å²) >= 11 is 0.950. The molecule has 1 aromatic carbocycles. The minimum Gasteiger partial charge on any atom is -0.489 e. The number of oxime groups is 1. The number of nitrogens with zero attached hydrogens (tertiary/aromatic N) is 5. The molecule has 2 aromatic heterocycles. The summed E-state index contributed by atoms with van der Waals surface area (Å²) in [6, 6.07) is 5.41. The number of carboxylic acids is 1. The second-order valence-corrected chi connectivity index (χ2v) is 12.7. The third-order valence-corrected chi connectivity index (χ3v) is 7.94. The predicted octanol–water partition coefficient (Wildman–Crippen LogP) is -1.57. The molecule has 1 fully saturated rings. The SMILES string of the molecule is C[n+]1cc(-c2ccc(OCC(O/N=C(\C(=O)N[C@@H]3C(=O)N(OS(=O)(=O)O)C3(C)C)c3csc(N)n3)C(=O)O)cc2)cn1CC(O)CN. The van der Waals surface area contributed by atoms with E-state index in [0.29, 0.717) is 17.4 Å². The zero-order valence-corrected chi connectivity index (χ0v) is 26.8. The average Bonchev–Trinajstić information content (AvgIpc) is 3.60. The second-order valence-electron chi connectivity index (χ2n) is 10.8. The molecule has 19 nitrogen and oxygen atoms in total. The monoisotopic (exact) mass is 697 g/mol. The summed E-state index contributed by atoms with van der Waals surface area (Å²) in [5, 5.41) is 27.4. The van der Waals surface area contributed by atoms with E-state index >= 15 is 0 Å². The normalized spacial score (nSPS) is 17.5. The van der Waals surface area contributed by atoms with Gasteiger partial charge in [-0.1, -0.05) is 17.3 Å². The van der Waals surface area contributed by atoms with Crippen LogP contribution in [0.2, 0.25) is 0 Å². The molecule has 8 N–H and O–H groups in total. The topological polar surface area (TPSA) is 275 Å². The Labute approximate surface area is 271 Å². The summed E-state index contributed by atoms with van der Waals surface area (Å²) < 4.78 is 44.6. The van der Waals surface area contributed by atoms with Crippen LogP contribution >= 0.6 is 11.3 Å². The van der Waals surface area contributed by atoms with Gasteiger partial charge >= 0.3 is 16.4 Å². The van der Waals surface area contributed by atoms with Crippen LogP contribution < -0.4 is 26.2 Å². The van der Waals surface area contributed by atoms with E-state index in [4.69, 9.17) is 25.6 Å². The van der Waals surface area contributed by atoms with Gasteiger partial charge in [-0.15, -0.1) is 20.3 Å². The molecular weight excluding hydrogens is 664 g/mol. The Hall–Kier alpha value is -4.67. The van der Waals surface area contributed by atoms with Crippen molar-refractivity contribution in [2.45, 2.75) is 44.2 Å². The first-order valence-corrected chi connectivity index (χ1v) is 15.9. The molecular formula is C26H33N8O11S2+. The number of hydroxylamine groups is 2. The van der Waals surface area contributed by atoms with Crippen LogP contribution in [-0.2, 0) is 47.5 Å². The molecule has 47 heavy (non-hydrogen) atoms. The lowest BCUT2D eigenvalue weighted by Gasteiger charge is -2.50. The van der Waals surface area contributed by atoms with Gasteiger partial charge in [-0.05, 0) is 31.5 Å². The molecule has 1 saturated heterocycles. The Balaban J connectivity index is 1.44. The molecule has 2 unspecified atom stereocenters. The molecule has 3 heterocycles. The number of rotatable bonds is 15. The maximum absolute atomic E-state index is 13.2. The Bertz CT molecular complexity index is 1770. The number of aliphatic hydroxyl groups excluding tert-OH is 1. The number of aromatic nitrogens is 3. The summed E-state index contributed by atoms with van der Waals surface area (Å²) in [5.41, 5.74) is 10.8. The number of hydrogen-bond acceptors (Lipinski definition) is 14. The molecule has 0 spiro atoms. The van der Waals surface area contributed by atoms with Gasteiger partial charge in [0.05, 0.1) is 23.4 Å².